The summed E-state index contributed by atoms with van der Waals surface area (Å²) < 4.78 is 6.70. The Morgan fingerprint density at radius 3 is 2.84 bits per heavy atom. The van der Waals surface area contributed by atoms with Gasteiger partial charge < -0.3 is 10.1 Å². The van der Waals surface area contributed by atoms with Gasteiger partial charge in [-0.25, -0.2) is 4.98 Å². The van der Waals surface area contributed by atoms with Gasteiger partial charge in [-0.2, -0.15) is 5.10 Å². The Balaban J connectivity index is 1.55. The summed E-state index contributed by atoms with van der Waals surface area (Å²) in [7, 11) is 1.40. The highest BCUT2D eigenvalue weighted by atomic mass is 32.1. The molecule has 4 rings (SSSR count). The normalized spacial score (nSPS) is 13.6. The molecule has 0 bridgehead atoms. The first-order valence-electron chi connectivity index (χ1n) is 10.2. The minimum atomic E-state index is -0.230. The lowest BCUT2D eigenvalue weighted by atomic mass is 10.0. The van der Waals surface area contributed by atoms with Crippen molar-refractivity contribution in [2.75, 3.05) is 20.2 Å². The molecule has 0 aliphatic carbocycles. The Bertz CT molecular complexity index is 1030. The van der Waals surface area contributed by atoms with E-state index in [0.717, 1.165) is 34.8 Å². The minimum Gasteiger partial charge on any atom is -0.469 e. The summed E-state index contributed by atoms with van der Waals surface area (Å²) in [6, 6.07) is 10.1. The van der Waals surface area contributed by atoms with Crippen molar-refractivity contribution in [2.45, 2.75) is 32.5 Å². The van der Waals surface area contributed by atoms with Gasteiger partial charge in [-0.1, -0.05) is 30.3 Å². The van der Waals surface area contributed by atoms with Crippen molar-refractivity contribution < 1.29 is 14.3 Å². The number of methoxy groups -OCH3 is 1. The van der Waals surface area contributed by atoms with E-state index < -0.39 is 0 Å². The monoisotopic (exact) mass is 439 g/mol. The molecule has 162 valence electrons. The number of fused-ring (bicyclic) bond motifs is 1. The van der Waals surface area contributed by atoms with Crippen molar-refractivity contribution in [3.8, 4) is 0 Å². The number of rotatable bonds is 8. The number of ether oxygens (including phenoxy) is 1. The number of thiazole rings is 1. The smallest absolute Gasteiger partial charge is 0.306 e. The van der Waals surface area contributed by atoms with Crippen LogP contribution in [0.2, 0.25) is 0 Å². The molecule has 1 aliphatic rings. The second-order valence-corrected chi connectivity index (χ2v) is 8.36. The zero-order chi connectivity index (χ0) is 21.6. The van der Waals surface area contributed by atoms with E-state index in [-0.39, 0.29) is 11.9 Å². The van der Waals surface area contributed by atoms with Crippen LogP contribution in [-0.2, 0) is 35.6 Å². The van der Waals surface area contributed by atoms with Gasteiger partial charge in [0.2, 0.25) is 0 Å². The van der Waals surface area contributed by atoms with Gasteiger partial charge in [-0.15, -0.1) is 11.3 Å². The van der Waals surface area contributed by atoms with Crippen molar-refractivity contribution in [1.82, 2.24) is 25.0 Å². The number of hydrogen-bond acceptors (Lipinski definition) is 7. The molecule has 1 aliphatic heterocycles. The number of aromatic nitrogens is 3. The maximum Gasteiger partial charge on any atom is 0.306 e. The molecule has 0 atom stereocenters. The van der Waals surface area contributed by atoms with Crippen molar-refractivity contribution in [1.29, 1.82) is 0 Å². The molecule has 8 nitrogen and oxygen atoms in total. The van der Waals surface area contributed by atoms with E-state index in [1.54, 1.807) is 6.20 Å². The molecule has 1 amide bonds. The first kappa shape index (κ1) is 21.2. The maximum atomic E-state index is 13.0. The average Bonchev–Trinajstić information content (AvgIpc) is 3.44. The lowest BCUT2D eigenvalue weighted by Crippen LogP contribution is -2.34. The number of hydrogen-bond donors (Lipinski definition) is 1. The van der Waals surface area contributed by atoms with Gasteiger partial charge in [0.15, 0.2) is 5.69 Å². The Kier molecular flexibility index (Phi) is 6.73. The lowest BCUT2D eigenvalue weighted by molar-refractivity contribution is -0.141. The Hall–Kier alpha value is -3.04. The van der Waals surface area contributed by atoms with E-state index in [2.05, 4.69) is 27.3 Å². The third-order valence-electron chi connectivity index (χ3n) is 5.35. The van der Waals surface area contributed by atoms with E-state index in [4.69, 9.17) is 9.84 Å². The Labute approximate surface area is 184 Å². The summed E-state index contributed by atoms with van der Waals surface area (Å²) in [4.78, 5) is 30.9. The van der Waals surface area contributed by atoms with Crippen LogP contribution in [0, 0.1) is 0 Å². The minimum absolute atomic E-state index is 0.201. The maximum absolute atomic E-state index is 13.0. The summed E-state index contributed by atoms with van der Waals surface area (Å²) in [5, 5.41) is 10.4. The average molecular weight is 440 g/mol. The molecule has 0 spiro atoms. The highest BCUT2D eigenvalue weighted by Crippen LogP contribution is 2.24. The number of nitrogens with one attached hydrogen (secondary N) is 1. The van der Waals surface area contributed by atoms with E-state index >= 15 is 0 Å². The molecule has 1 N–H and O–H groups in total. The quantitative estimate of drug-likeness (QED) is 0.542. The van der Waals surface area contributed by atoms with E-state index in [0.29, 0.717) is 38.3 Å². The summed E-state index contributed by atoms with van der Waals surface area (Å²) in [6.07, 6.45) is 2.83. The number of benzene rings is 1. The van der Waals surface area contributed by atoms with Crippen LogP contribution in [0.4, 0.5) is 0 Å². The van der Waals surface area contributed by atoms with Gasteiger partial charge in [0.25, 0.3) is 5.91 Å². The molecule has 0 saturated heterocycles. The summed E-state index contributed by atoms with van der Waals surface area (Å²) >= 11 is 1.50. The van der Waals surface area contributed by atoms with Gasteiger partial charge in [0.05, 0.1) is 26.6 Å². The molecular weight excluding hydrogens is 414 g/mol. The van der Waals surface area contributed by atoms with Gasteiger partial charge >= 0.3 is 5.97 Å². The highest BCUT2D eigenvalue weighted by molar-refractivity contribution is 7.09. The molecule has 9 heteroatoms. The second kappa shape index (κ2) is 9.84. The zero-order valence-electron chi connectivity index (χ0n) is 17.4. The van der Waals surface area contributed by atoms with Crippen LogP contribution in [-0.4, -0.2) is 51.7 Å². The van der Waals surface area contributed by atoms with Crippen LogP contribution in [0.5, 0.6) is 0 Å². The Morgan fingerprint density at radius 2 is 2.10 bits per heavy atom. The van der Waals surface area contributed by atoms with Crippen LogP contribution in [0.3, 0.4) is 0 Å². The van der Waals surface area contributed by atoms with Crippen molar-refractivity contribution >= 4 is 23.2 Å². The van der Waals surface area contributed by atoms with E-state index in [9.17, 15) is 9.59 Å². The SMILES string of the molecule is COC(=O)CCN1CCc2c(c(C(=O)NCc3nccs3)nn2Cc2ccccc2)C1. The van der Waals surface area contributed by atoms with Gasteiger partial charge in [0, 0.05) is 48.9 Å². The molecule has 3 aromatic rings. The van der Waals surface area contributed by atoms with Crippen LogP contribution in [0.1, 0.15) is 38.7 Å². The number of nitrogens with zero attached hydrogens (tertiary/aromatic N) is 4. The van der Waals surface area contributed by atoms with Crippen LogP contribution in [0.25, 0.3) is 0 Å². The molecule has 2 aromatic heterocycles. The van der Waals surface area contributed by atoms with Crippen LogP contribution >= 0.6 is 11.3 Å². The zero-order valence-corrected chi connectivity index (χ0v) is 18.2. The fourth-order valence-electron chi connectivity index (χ4n) is 3.74. The van der Waals surface area contributed by atoms with E-state index in [1.807, 2.05) is 28.3 Å². The predicted molar refractivity (Wildman–Crippen MR) is 117 cm³/mol. The standard InChI is InChI=1S/C22H25N5O3S/c1-30-20(28)8-11-26-10-7-18-17(15-26)21(22(29)24-13-19-23-9-12-31-19)25-27(18)14-16-5-3-2-4-6-16/h2-6,9,12H,7-8,10-11,13-15H2,1H3,(H,24,29). The topological polar surface area (TPSA) is 89.3 Å². The highest BCUT2D eigenvalue weighted by Gasteiger charge is 2.28. The fourth-order valence-corrected chi connectivity index (χ4v) is 4.29. The number of carbonyl (C=O) groups is 2. The number of amides is 1. The molecule has 0 fully saturated rings. The molecule has 0 unspecified atom stereocenters. The molecular formula is C22H25N5O3S. The van der Waals surface area contributed by atoms with E-state index in [1.165, 1.54) is 18.4 Å². The molecule has 31 heavy (non-hydrogen) atoms. The third-order valence-corrected chi connectivity index (χ3v) is 6.13. The number of carbonyl (C=O) groups excluding carboxylic acids is 2. The second-order valence-electron chi connectivity index (χ2n) is 7.38. The van der Waals surface area contributed by atoms with Crippen LogP contribution < -0.4 is 5.32 Å². The molecule has 3 heterocycles. The first-order valence-corrected chi connectivity index (χ1v) is 11.1. The molecule has 1 aromatic carbocycles. The predicted octanol–water partition coefficient (Wildman–Crippen LogP) is 2.24. The lowest BCUT2D eigenvalue weighted by Gasteiger charge is -2.27. The fraction of sp³-hybridized carbons (Fsp3) is 0.364. The summed E-state index contributed by atoms with van der Waals surface area (Å²) in [5.41, 5.74) is 3.60. The Morgan fingerprint density at radius 1 is 1.26 bits per heavy atom. The summed E-state index contributed by atoms with van der Waals surface area (Å²) in [5.74, 6) is -0.430. The van der Waals surface area contributed by atoms with Gasteiger partial charge in [-0.3, -0.25) is 19.2 Å². The largest absolute Gasteiger partial charge is 0.469 e. The molecule has 0 saturated carbocycles. The van der Waals surface area contributed by atoms with Crippen molar-refractivity contribution in [2.24, 2.45) is 0 Å². The van der Waals surface area contributed by atoms with Gasteiger partial charge in [0.1, 0.15) is 5.01 Å². The van der Waals surface area contributed by atoms with Crippen molar-refractivity contribution in [3.05, 3.63) is 69.4 Å². The third kappa shape index (κ3) is 5.18. The van der Waals surface area contributed by atoms with Crippen LogP contribution in [0.15, 0.2) is 41.9 Å². The van der Waals surface area contributed by atoms with Gasteiger partial charge in [-0.05, 0) is 5.56 Å². The number of esters is 1. The summed E-state index contributed by atoms with van der Waals surface area (Å²) in [6.45, 7) is 2.98. The van der Waals surface area contributed by atoms with Crippen molar-refractivity contribution in [3.63, 3.8) is 0 Å². The first-order chi connectivity index (χ1) is 15.1. The molecule has 0 radical (unpaired) electrons.